The SMILES string of the molecule is CC(C)NC(=O)c1c(NC(=O)c2cc(C(F)(F)F)nn2-c2ncccc2Cl)ccc2cn[nH]c12. The third kappa shape index (κ3) is 4.44. The van der Waals surface area contributed by atoms with Gasteiger partial charge in [0.1, 0.15) is 5.69 Å². The molecule has 0 aliphatic heterocycles. The number of anilines is 1. The lowest BCUT2D eigenvalue weighted by Gasteiger charge is -2.14. The van der Waals surface area contributed by atoms with Crippen molar-refractivity contribution in [1.29, 1.82) is 0 Å². The predicted molar refractivity (Wildman–Crippen MR) is 118 cm³/mol. The van der Waals surface area contributed by atoms with Gasteiger partial charge in [0.25, 0.3) is 11.8 Å². The van der Waals surface area contributed by atoms with E-state index in [1.807, 2.05) is 0 Å². The fourth-order valence-electron chi connectivity index (χ4n) is 3.25. The summed E-state index contributed by atoms with van der Waals surface area (Å²) in [4.78, 5) is 30.0. The molecule has 0 unspecified atom stereocenters. The number of rotatable bonds is 5. The Labute approximate surface area is 195 Å². The van der Waals surface area contributed by atoms with Gasteiger partial charge in [0.15, 0.2) is 11.5 Å². The largest absolute Gasteiger partial charge is 0.435 e. The van der Waals surface area contributed by atoms with E-state index in [4.69, 9.17) is 11.6 Å². The number of benzene rings is 1. The number of amides is 2. The number of aromatic nitrogens is 5. The summed E-state index contributed by atoms with van der Waals surface area (Å²) in [5.41, 5.74) is -1.29. The smallest absolute Gasteiger partial charge is 0.350 e. The Kier molecular flexibility index (Phi) is 6.00. The summed E-state index contributed by atoms with van der Waals surface area (Å²) >= 11 is 6.09. The minimum Gasteiger partial charge on any atom is -0.350 e. The van der Waals surface area contributed by atoms with Crippen molar-refractivity contribution in [1.82, 2.24) is 30.3 Å². The van der Waals surface area contributed by atoms with Crippen LogP contribution in [0.3, 0.4) is 0 Å². The number of hydrogen-bond donors (Lipinski definition) is 3. The number of alkyl halides is 3. The van der Waals surface area contributed by atoms with E-state index in [9.17, 15) is 22.8 Å². The molecule has 2 amide bonds. The average molecular weight is 492 g/mol. The number of halogens is 4. The molecule has 34 heavy (non-hydrogen) atoms. The van der Waals surface area contributed by atoms with Crippen molar-refractivity contribution < 1.29 is 22.8 Å². The molecule has 9 nitrogen and oxygen atoms in total. The highest BCUT2D eigenvalue weighted by atomic mass is 35.5. The highest BCUT2D eigenvalue weighted by Gasteiger charge is 2.36. The minimum absolute atomic E-state index is 0.00995. The van der Waals surface area contributed by atoms with Crippen LogP contribution in [-0.2, 0) is 6.18 Å². The third-order valence-electron chi connectivity index (χ3n) is 4.68. The molecule has 4 rings (SSSR count). The zero-order chi connectivity index (χ0) is 24.6. The molecule has 0 saturated carbocycles. The Morgan fingerprint density at radius 2 is 1.94 bits per heavy atom. The number of carbonyl (C=O) groups excluding carboxylic acids is 2. The van der Waals surface area contributed by atoms with Crippen LogP contribution in [0.25, 0.3) is 16.7 Å². The molecule has 1 aromatic carbocycles. The maximum atomic E-state index is 13.4. The molecule has 176 valence electrons. The van der Waals surface area contributed by atoms with Gasteiger partial charge < -0.3 is 10.6 Å². The molecule has 0 spiro atoms. The van der Waals surface area contributed by atoms with Crippen LogP contribution in [0.1, 0.15) is 40.4 Å². The molecule has 3 N–H and O–H groups in total. The fourth-order valence-corrected chi connectivity index (χ4v) is 3.45. The van der Waals surface area contributed by atoms with Gasteiger partial charge in [-0.05, 0) is 38.1 Å². The number of aromatic amines is 1. The molecule has 0 radical (unpaired) electrons. The lowest BCUT2D eigenvalue weighted by molar-refractivity contribution is -0.141. The first kappa shape index (κ1) is 23.2. The predicted octanol–water partition coefficient (Wildman–Crippen LogP) is 4.21. The van der Waals surface area contributed by atoms with E-state index in [0.717, 1.165) is 0 Å². The fraction of sp³-hybridized carbons (Fsp3) is 0.190. The quantitative estimate of drug-likeness (QED) is 0.386. The minimum atomic E-state index is -4.82. The van der Waals surface area contributed by atoms with Gasteiger partial charge >= 0.3 is 6.18 Å². The molecule has 3 heterocycles. The second-order valence-corrected chi connectivity index (χ2v) is 7.95. The second-order valence-electron chi connectivity index (χ2n) is 7.54. The summed E-state index contributed by atoms with van der Waals surface area (Å²) < 4.78 is 40.9. The topological polar surface area (TPSA) is 118 Å². The van der Waals surface area contributed by atoms with Gasteiger partial charge in [0, 0.05) is 23.7 Å². The summed E-state index contributed by atoms with van der Waals surface area (Å²) in [7, 11) is 0. The number of nitrogens with one attached hydrogen (secondary N) is 3. The highest BCUT2D eigenvalue weighted by Crippen LogP contribution is 2.31. The summed E-state index contributed by atoms with van der Waals surface area (Å²) in [5, 5.41) is 16.0. The first-order chi connectivity index (χ1) is 16.1. The molecular weight excluding hydrogens is 475 g/mol. The van der Waals surface area contributed by atoms with Gasteiger partial charge in [-0.3, -0.25) is 14.7 Å². The van der Waals surface area contributed by atoms with Gasteiger partial charge in [-0.1, -0.05) is 11.6 Å². The summed E-state index contributed by atoms with van der Waals surface area (Å²) in [5.74, 6) is -1.62. The molecule has 0 aliphatic rings. The average Bonchev–Trinajstić information content (AvgIpc) is 3.40. The Morgan fingerprint density at radius 3 is 2.62 bits per heavy atom. The van der Waals surface area contributed by atoms with Crippen molar-refractivity contribution in [2.75, 3.05) is 5.32 Å². The van der Waals surface area contributed by atoms with Crippen LogP contribution < -0.4 is 10.6 Å². The van der Waals surface area contributed by atoms with E-state index < -0.39 is 29.4 Å². The van der Waals surface area contributed by atoms with Crippen LogP contribution in [0.15, 0.2) is 42.7 Å². The van der Waals surface area contributed by atoms with Gasteiger partial charge in [0.2, 0.25) is 0 Å². The lowest BCUT2D eigenvalue weighted by atomic mass is 10.1. The maximum Gasteiger partial charge on any atom is 0.435 e. The second kappa shape index (κ2) is 8.78. The van der Waals surface area contributed by atoms with Crippen LogP contribution >= 0.6 is 11.6 Å². The third-order valence-corrected chi connectivity index (χ3v) is 4.98. The Hall–Kier alpha value is -3.93. The molecule has 13 heteroatoms. The van der Waals surface area contributed by atoms with Gasteiger partial charge in [0.05, 0.1) is 28.0 Å². The number of hydrogen-bond acceptors (Lipinski definition) is 5. The van der Waals surface area contributed by atoms with Gasteiger partial charge in [-0.25, -0.2) is 9.67 Å². The van der Waals surface area contributed by atoms with Crippen molar-refractivity contribution in [2.45, 2.75) is 26.1 Å². The maximum absolute atomic E-state index is 13.4. The summed E-state index contributed by atoms with van der Waals surface area (Å²) in [6, 6.07) is 6.33. The van der Waals surface area contributed by atoms with Crippen molar-refractivity contribution in [3.8, 4) is 5.82 Å². The zero-order valence-electron chi connectivity index (χ0n) is 17.7. The summed E-state index contributed by atoms with van der Waals surface area (Å²) in [6.45, 7) is 3.52. The van der Waals surface area contributed by atoms with E-state index in [0.29, 0.717) is 21.7 Å². The molecule has 3 aromatic heterocycles. The van der Waals surface area contributed by atoms with Crippen molar-refractivity contribution in [3.05, 3.63) is 64.7 Å². The van der Waals surface area contributed by atoms with Gasteiger partial charge in [-0.15, -0.1) is 0 Å². The van der Waals surface area contributed by atoms with Crippen LogP contribution in [0, 0.1) is 0 Å². The molecule has 0 bridgehead atoms. The number of H-pyrrole nitrogens is 1. The Balaban J connectivity index is 1.80. The number of nitrogens with zero attached hydrogens (tertiary/aromatic N) is 4. The van der Waals surface area contributed by atoms with E-state index >= 15 is 0 Å². The standard InChI is InChI=1S/C21H17ClF3N7O2/c1-10(2)28-20(34)16-13(6-5-11-9-27-30-17(11)16)29-19(33)14-8-15(21(23,24)25)31-32(14)18-12(22)4-3-7-26-18/h3-10H,1-2H3,(H,27,30)(H,28,34)(H,29,33). The number of pyridine rings is 1. The molecule has 4 aromatic rings. The monoisotopic (exact) mass is 491 g/mol. The van der Waals surface area contributed by atoms with Gasteiger partial charge in [-0.2, -0.15) is 23.4 Å². The molecule has 0 atom stereocenters. The van der Waals surface area contributed by atoms with Crippen molar-refractivity contribution >= 4 is 40.0 Å². The van der Waals surface area contributed by atoms with E-state index in [1.165, 1.54) is 30.6 Å². The molecule has 0 fully saturated rings. The van der Waals surface area contributed by atoms with Crippen LogP contribution in [0.5, 0.6) is 0 Å². The summed E-state index contributed by atoms with van der Waals surface area (Å²) in [6.07, 6.45) is -2.02. The molecular formula is C21H17ClF3N7O2. The lowest BCUT2D eigenvalue weighted by Crippen LogP contribution is -2.31. The van der Waals surface area contributed by atoms with Crippen molar-refractivity contribution in [3.63, 3.8) is 0 Å². The number of fused-ring (bicyclic) bond motifs is 1. The van der Waals surface area contributed by atoms with E-state index in [1.54, 1.807) is 19.9 Å². The van der Waals surface area contributed by atoms with Crippen molar-refractivity contribution in [2.24, 2.45) is 0 Å². The normalized spacial score (nSPS) is 11.7. The van der Waals surface area contributed by atoms with Crippen LogP contribution in [-0.4, -0.2) is 42.8 Å². The Morgan fingerprint density at radius 1 is 1.18 bits per heavy atom. The first-order valence-corrected chi connectivity index (χ1v) is 10.3. The zero-order valence-corrected chi connectivity index (χ0v) is 18.5. The van der Waals surface area contributed by atoms with E-state index in [-0.39, 0.29) is 28.1 Å². The number of carbonyl (C=O) groups is 2. The van der Waals surface area contributed by atoms with E-state index in [2.05, 4.69) is 30.9 Å². The highest BCUT2D eigenvalue weighted by molar-refractivity contribution is 6.32. The first-order valence-electron chi connectivity index (χ1n) is 9.92. The van der Waals surface area contributed by atoms with Crippen LogP contribution in [0.2, 0.25) is 5.02 Å². The molecule has 0 saturated heterocycles. The molecule has 0 aliphatic carbocycles. The Bertz CT molecular complexity index is 1390. The van der Waals surface area contributed by atoms with Crippen LogP contribution in [0.4, 0.5) is 18.9 Å².